The minimum absolute atomic E-state index is 0.0642. The molecule has 0 aromatic heterocycles. The molecule has 0 spiro atoms. The van der Waals surface area contributed by atoms with Gasteiger partial charge in [0.2, 0.25) is 0 Å². The van der Waals surface area contributed by atoms with Crippen molar-refractivity contribution in [1.29, 1.82) is 0 Å². The fourth-order valence-electron chi connectivity index (χ4n) is 2.73. The minimum atomic E-state index is -0.256. The average molecular weight is 322 g/mol. The molecule has 0 bridgehead atoms. The summed E-state index contributed by atoms with van der Waals surface area (Å²) in [6.07, 6.45) is 1.52. The maximum absolute atomic E-state index is 12.5. The van der Waals surface area contributed by atoms with Crippen molar-refractivity contribution in [3.8, 4) is 11.5 Å². The number of allylic oxidation sites excluding steroid dienone is 1. The van der Waals surface area contributed by atoms with Crippen LogP contribution < -0.4 is 9.47 Å². The number of ether oxygens (including phenoxy) is 2. The third kappa shape index (κ3) is 2.71. The summed E-state index contributed by atoms with van der Waals surface area (Å²) < 4.78 is 11.2. The van der Waals surface area contributed by atoms with E-state index in [1.165, 1.54) is 0 Å². The van der Waals surface area contributed by atoms with Crippen molar-refractivity contribution in [2.24, 2.45) is 0 Å². The molecule has 0 fully saturated rings. The van der Waals surface area contributed by atoms with E-state index in [9.17, 15) is 9.59 Å². The van der Waals surface area contributed by atoms with Crippen molar-refractivity contribution in [3.63, 3.8) is 0 Å². The summed E-state index contributed by atoms with van der Waals surface area (Å²) in [5, 5.41) is 0. The highest BCUT2D eigenvalue weighted by Gasteiger charge is 2.32. The second kappa shape index (κ2) is 6.32. The predicted octanol–water partition coefficient (Wildman–Crippen LogP) is 3.95. The fourth-order valence-corrected chi connectivity index (χ4v) is 2.73. The average Bonchev–Trinajstić information content (AvgIpc) is 2.81. The van der Waals surface area contributed by atoms with E-state index in [1.807, 2.05) is 13.8 Å². The number of benzene rings is 2. The molecule has 0 aliphatic heterocycles. The van der Waals surface area contributed by atoms with Crippen LogP contribution in [0.25, 0.3) is 6.08 Å². The molecule has 0 amide bonds. The van der Waals surface area contributed by atoms with E-state index in [4.69, 9.17) is 9.47 Å². The summed E-state index contributed by atoms with van der Waals surface area (Å²) in [5.74, 6) is 0.579. The Labute approximate surface area is 140 Å². The molecule has 1 aliphatic carbocycles. The topological polar surface area (TPSA) is 52.6 Å². The predicted molar refractivity (Wildman–Crippen MR) is 91.8 cm³/mol. The van der Waals surface area contributed by atoms with Crippen LogP contribution in [0.1, 0.15) is 40.1 Å². The van der Waals surface area contributed by atoms with Crippen LogP contribution >= 0.6 is 0 Å². The highest BCUT2D eigenvalue weighted by molar-refractivity contribution is 6.41. The van der Waals surface area contributed by atoms with Gasteiger partial charge in [0, 0.05) is 16.7 Å². The Morgan fingerprint density at radius 1 is 0.917 bits per heavy atom. The summed E-state index contributed by atoms with van der Waals surface area (Å²) in [7, 11) is 1.56. The lowest BCUT2D eigenvalue weighted by Crippen LogP contribution is -2.08. The van der Waals surface area contributed by atoms with Crippen LogP contribution in [0, 0.1) is 0 Å². The molecule has 1 aliphatic rings. The Morgan fingerprint density at radius 2 is 1.54 bits per heavy atom. The zero-order valence-electron chi connectivity index (χ0n) is 13.8. The molecular weight excluding hydrogens is 304 g/mol. The smallest absolute Gasteiger partial charge is 0.197 e. The van der Waals surface area contributed by atoms with E-state index in [2.05, 4.69) is 0 Å². The van der Waals surface area contributed by atoms with E-state index < -0.39 is 0 Å². The third-order valence-electron chi connectivity index (χ3n) is 3.79. The van der Waals surface area contributed by atoms with E-state index in [1.54, 1.807) is 55.7 Å². The molecule has 4 nitrogen and oxygen atoms in total. The largest absolute Gasteiger partial charge is 0.493 e. The van der Waals surface area contributed by atoms with E-state index in [-0.39, 0.29) is 23.2 Å². The lowest BCUT2D eigenvalue weighted by molar-refractivity contribution is 0.0990. The van der Waals surface area contributed by atoms with Crippen LogP contribution in [-0.4, -0.2) is 24.8 Å². The Balaban J connectivity index is 2.10. The maximum atomic E-state index is 12.5. The molecular formula is C20H18O4. The quantitative estimate of drug-likeness (QED) is 0.632. The van der Waals surface area contributed by atoms with Crippen LogP contribution in [0.3, 0.4) is 0 Å². The van der Waals surface area contributed by atoms with Crippen LogP contribution in [0.15, 0.2) is 48.0 Å². The molecule has 0 atom stereocenters. The highest BCUT2D eigenvalue weighted by Crippen LogP contribution is 2.35. The second-order valence-corrected chi connectivity index (χ2v) is 5.81. The van der Waals surface area contributed by atoms with Gasteiger partial charge in [0.15, 0.2) is 23.1 Å². The first-order valence-corrected chi connectivity index (χ1v) is 7.76. The Bertz CT molecular complexity index is 809. The second-order valence-electron chi connectivity index (χ2n) is 5.81. The Hall–Kier alpha value is -2.88. The first-order valence-electron chi connectivity index (χ1n) is 7.76. The SMILES string of the molecule is COc1cccc(C=C2C(=O)c3ccccc3C2=O)c1OC(C)C. The lowest BCUT2D eigenvalue weighted by Gasteiger charge is -2.16. The normalized spacial score (nSPS) is 13.2. The van der Waals surface area contributed by atoms with Crippen molar-refractivity contribution in [2.45, 2.75) is 20.0 Å². The number of carbonyl (C=O) groups excluding carboxylic acids is 2. The number of methoxy groups -OCH3 is 1. The highest BCUT2D eigenvalue weighted by atomic mass is 16.5. The number of para-hydroxylation sites is 1. The van der Waals surface area contributed by atoms with Gasteiger partial charge >= 0.3 is 0 Å². The number of Topliss-reactive ketones (excluding diaryl/α,β-unsaturated/α-hetero) is 2. The van der Waals surface area contributed by atoms with Gasteiger partial charge in [-0.3, -0.25) is 9.59 Å². The molecule has 0 saturated heterocycles. The van der Waals surface area contributed by atoms with Crippen LogP contribution in [-0.2, 0) is 0 Å². The summed E-state index contributed by atoms with van der Waals surface area (Å²) >= 11 is 0. The molecule has 3 rings (SSSR count). The minimum Gasteiger partial charge on any atom is -0.493 e. The van der Waals surface area contributed by atoms with Gasteiger partial charge in [-0.15, -0.1) is 0 Å². The van der Waals surface area contributed by atoms with Crippen molar-refractivity contribution >= 4 is 17.6 Å². The number of hydrogen-bond acceptors (Lipinski definition) is 4. The molecule has 0 heterocycles. The van der Waals surface area contributed by atoms with Gasteiger partial charge in [-0.25, -0.2) is 0 Å². The summed E-state index contributed by atoms with van der Waals surface area (Å²) in [6.45, 7) is 3.82. The monoisotopic (exact) mass is 322 g/mol. The maximum Gasteiger partial charge on any atom is 0.197 e. The van der Waals surface area contributed by atoms with Crippen molar-refractivity contribution in [3.05, 3.63) is 64.7 Å². The molecule has 122 valence electrons. The first-order chi connectivity index (χ1) is 11.5. The van der Waals surface area contributed by atoms with Gasteiger partial charge in [-0.2, -0.15) is 0 Å². The van der Waals surface area contributed by atoms with Crippen LogP contribution in [0.5, 0.6) is 11.5 Å². The number of ketones is 2. The number of carbonyl (C=O) groups is 2. The Kier molecular flexibility index (Phi) is 4.21. The lowest BCUT2D eigenvalue weighted by atomic mass is 10.1. The summed E-state index contributed by atoms with van der Waals surface area (Å²) in [4.78, 5) is 25.1. The van der Waals surface area contributed by atoms with E-state index in [0.29, 0.717) is 28.2 Å². The summed E-state index contributed by atoms with van der Waals surface area (Å²) in [5.41, 5.74) is 1.69. The third-order valence-corrected chi connectivity index (χ3v) is 3.79. The summed E-state index contributed by atoms with van der Waals surface area (Å²) in [6, 6.07) is 12.2. The number of fused-ring (bicyclic) bond motifs is 1. The zero-order valence-corrected chi connectivity index (χ0v) is 13.8. The van der Waals surface area contributed by atoms with Crippen molar-refractivity contribution in [2.75, 3.05) is 7.11 Å². The zero-order chi connectivity index (χ0) is 17.3. The van der Waals surface area contributed by atoms with Gasteiger partial charge in [-0.1, -0.05) is 36.4 Å². The van der Waals surface area contributed by atoms with Gasteiger partial charge in [0.1, 0.15) is 0 Å². The number of hydrogen-bond donors (Lipinski definition) is 0. The van der Waals surface area contributed by atoms with E-state index >= 15 is 0 Å². The fraction of sp³-hybridized carbons (Fsp3) is 0.200. The van der Waals surface area contributed by atoms with Crippen LogP contribution in [0.4, 0.5) is 0 Å². The molecule has 0 saturated carbocycles. The van der Waals surface area contributed by atoms with Crippen molar-refractivity contribution in [1.82, 2.24) is 0 Å². The van der Waals surface area contributed by atoms with Crippen LogP contribution in [0.2, 0.25) is 0 Å². The molecule has 0 N–H and O–H groups in total. The first kappa shape index (κ1) is 16.0. The van der Waals surface area contributed by atoms with Gasteiger partial charge < -0.3 is 9.47 Å². The Morgan fingerprint density at radius 3 is 2.08 bits per heavy atom. The molecule has 2 aromatic carbocycles. The van der Waals surface area contributed by atoms with Gasteiger partial charge in [0.25, 0.3) is 0 Å². The van der Waals surface area contributed by atoms with Gasteiger partial charge in [0.05, 0.1) is 18.8 Å². The molecule has 2 aromatic rings. The van der Waals surface area contributed by atoms with Crippen molar-refractivity contribution < 1.29 is 19.1 Å². The molecule has 0 unspecified atom stereocenters. The number of rotatable bonds is 4. The molecule has 24 heavy (non-hydrogen) atoms. The van der Waals surface area contributed by atoms with E-state index in [0.717, 1.165) is 0 Å². The standard InChI is InChI=1S/C20H18O4/c1-12(2)24-20-13(7-6-10-17(20)23-3)11-16-18(21)14-8-4-5-9-15(14)19(16)22/h4-12H,1-3H3. The van der Waals surface area contributed by atoms with Gasteiger partial charge in [-0.05, 0) is 26.0 Å². The molecule has 0 radical (unpaired) electrons. The molecule has 4 heteroatoms.